The lowest BCUT2D eigenvalue weighted by Gasteiger charge is -2.29. The second-order valence-electron chi connectivity index (χ2n) is 4.61. The van der Waals surface area contributed by atoms with Crippen LogP contribution in [-0.4, -0.2) is 34.8 Å². The van der Waals surface area contributed by atoms with Crippen LogP contribution < -0.4 is 5.73 Å². The summed E-state index contributed by atoms with van der Waals surface area (Å²) in [6.45, 7) is 5.48. The molecular weight excluding hydrogens is 188 g/mol. The van der Waals surface area contributed by atoms with Gasteiger partial charge in [-0.3, -0.25) is 4.68 Å². The minimum atomic E-state index is 0.763. The zero-order valence-corrected chi connectivity index (χ0v) is 9.61. The molecule has 0 saturated carbocycles. The van der Waals surface area contributed by atoms with Gasteiger partial charge in [-0.1, -0.05) is 0 Å². The Hall–Kier alpha value is -1.03. The summed E-state index contributed by atoms with van der Waals surface area (Å²) in [5.41, 5.74) is 7.69. The van der Waals surface area contributed by atoms with Gasteiger partial charge in [0.25, 0.3) is 0 Å². The molecule has 0 unspecified atom stereocenters. The average Bonchev–Trinajstić information content (AvgIpc) is 2.53. The van der Waals surface area contributed by atoms with Gasteiger partial charge in [0.05, 0.1) is 17.6 Å². The van der Waals surface area contributed by atoms with Crippen LogP contribution in [-0.2, 0) is 6.54 Å². The monoisotopic (exact) mass is 208 g/mol. The van der Waals surface area contributed by atoms with Crippen LogP contribution in [0, 0.1) is 12.8 Å². The summed E-state index contributed by atoms with van der Waals surface area (Å²) in [5, 5.41) is 4.31. The Bertz CT molecular complexity index is 323. The van der Waals surface area contributed by atoms with Crippen molar-refractivity contribution in [1.29, 1.82) is 0 Å². The van der Waals surface area contributed by atoms with E-state index in [1.807, 2.05) is 11.6 Å². The van der Waals surface area contributed by atoms with Gasteiger partial charge >= 0.3 is 0 Å². The standard InChI is InChI=1S/C11H20N4/c1-9-11(12)7-13-15(9)8-10-3-5-14(2)6-4-10/h7,10H,3-6,8,12H2,1-2H3. The molecule has 4 nitrogen and oxygen atoms in total. The van der Waals surface area contributed by atoms with Crippen LogP contribution in [0.4, 0.5) is 5.69 Å². The Balaban J connectivity index is 1.94. The van der Waals surface area contributed by atoms with Gasteiger partial charge in [-0.05, 0) is 45.8 Å². The van der Waals surface area contributed by atoms with Crippen molar-refractivity contribution in [3.05, 3.63) is 11.9 Å². The van der Waals surface area contributed by atoms with Crippen LogP contribution in [0.2, 0.25) is 0 Å². The van der Waals surface area contributed by atoms with Crippen LogP contribution in [0.1, 0.15) is 18.5 Å². The van der Waals surface area contributed by atoms with Crippen LogP contribution in [0.25, 0.3) is 0 Å². The number of hydrogen-bond acceptors (Lipinski definition) is 3. The van der Waals surface area contributed by atoms with Crippen LogP contribution in [0.5, 0.6) is 0 Å². The molecule has 1 aromatic heterocycles. The first-order valence-corrected chi connectivity index (χ1v) is 5.63. The minimum Gasteiger partial charge on any atom is -0.396 e. The molecule has 0 spiro atoms. The number of piperidine rings is 1. The molecule has 1 saturated heterocycles. The molecule has 2 N–H and O–H groups in total. The highest BCUT2D eigenvalue weighted by atomic mass is 15.3. The van der Waals surface area contributed by atoms with E-state index in [0.29, 0.717) is 0 Å². The molecule has 2 rings (SSSR count). The molecule has 1 fully saturated rings. The summed E-state index contributed by atoms with van der Waals surface area (Å²) in [5.74, 6) is 0.763. The molecule has 0 bridgehead atoms. The number of nitrogen functional groups attached to an aromatic ring is 1. The summed E-state index contributed by atoms with van der Waals surface area (Å²) in [6.07, 6.45) is 4.30. The highest BCUT2D eigenvalue weighted by Gasteiger charge is 2.18. The number of likely N-dealkylation sites (tertiary alicyclic amines) is 1. The van der Waals surface area contributed by atoms with E-state index in [4.69, 9.17) is 5.73 Å². The maximum absolute atomic E-state index is 5.78. The highest BCUT2D eigenvalue weighted by molar-refractivity contribution is 5.39. The van der Waals surface area contributed by atoms with E-state index in [0.717, 1.165) is 23.8 Å². The number of aromatic nitrogens is 2. The first-order valence-electron chi connectivity index (χ1n) is 5.63. The van der Waals surface area contributed by atoms with E-state index in [1.54, 1.807) is 6.20 Å². The predicted molar refractivity (Wildman–Crippen MR) is 61.6 cm³/mol. The van der Waals surface area contributed by atoms with Gasteiger partial charge in [-0.25, -0.2) is 0 Å². The molecule has 0 aromatic carbocycles. The average molecular weight is 208 g/mol. The van der Waals surface area contributed by atoms with E-state index >= 15 is 0 Å². The Kier molecular flexibility index (Phi) is 2.95. The molecule has 0 atom stereocenters. The summed E-state index contributed by atoms with van der Waals surface area (Å²) < 4.78 is 2.05. The quantitative estimate of drug-likeness (QED) is 0.792. The summed E-state index contributed by atoms with van der Waals surface area (Å²) in [7, 11) is 2.19. The molecule has 1 aliphatic heterocycles. The fraction of sp³-hybridized carbons (Fsp3) is 0.727. The van der Waals surface area contributed by atoms with Crippen LogP contribution in [0.3, 0.4) is 0 Å². The van der Waals surface area contributed by atoms with Crippen LogP contribution in [0.15, 0.2) is 6.20 Å². The molecule has 0 amide bonds. The molecule has 0 radical (unpaired) electrons. The Morgan fingerprint density at radius 1 is 1.47 bits per heavy atom. The van der Waals surface area contributed by atoms with Gasteiger partial charge in [-0.15, -0.1) is 0 Å². The van der Waals surface area contributed by atoms with Crippen molar-refractivity contribution in [1.82, 2.24) is 14.7 Å². The maximum Gasteiger partial charge on any atom is 0.0730 e. The Labute approximate surface area is 91.1 Å². The van der Waals surface area contributed by atoms with Gasteiger partial charge in [0.1, 0.15) is 0 Å². The fourth-order valence-electron chi connectivity index (χ4n) is 2.13. The third kappa shape index (κ3) is 2.31. The maximum atomic E-state index is 5.78. The van der Waals surface area contributed by atoms with Gasteiger partial charge in [0.15, 0.2) is 0 Å². The Morgan fingerprint density at radius 3 is 2.67 bits per heavy atom. The number of nitrogens with two attached hydrogens (primary N) is 1. The summed E-state index contributed by atoms with van der Waals surface area (Å²) in [6, 6.07) is 0. The molecule has 0 aliphatic carbocycles. The second-order valence-corrected chi connectivity index (χ2v) is 4.61. The molecule has 1 aliphatic rings. The van der Waals surface area contributed by atoms with E-state index in [1.165, 1.54) is 25.9 Å². The fourth-order valence-corrected chi connectivity index (χ4v) is 2.13. The summed E-state index contributed by atoms with van der Waals surface area (Å²) in [4.78, 5) is 2.39. The highest BCUT2D eigenvalue weighted by Crippen LogP contribution is 2.19. The van der Waals surface area contributed by atoms with Gasteiger partial charge < -0.3 is 10.6 Å². The van der Waals surface area contributed by atoms with Crippen LogP contribution >= 0.6 is 0 Å². The molecule has 84 valence electrons. The normalized spacial score (nSPS) is 19.6. The van der Waals surface area contributed by atoms with E-state index < -0.39 is 0 Å². The van der Waals surface area contributed by atoms with Crippen molar-refractivity contribution < 1.29 is 0 Å². The molecular formula is C11H20N4. The lowest BCUT2D eigenvalue weighted by molar-refractivity contribution is 0.200. The van der Waals surface area contributed by atoms with Gasteiger partial charge in [0.2, 0.25) is 0 Å². The van der Waals surface area contributed by atoms with Crippen molar-refractivity contribution in [3.63, 3.8) is 0 Å². The smallest absolute Gasteiger partial charge is 0.0730 e. The second kappa shape index (κ2) is 4.23. The van der Waals surface area contributed by atoms with E-state index in [2.05, 4.69) is 17.0 Å². The lowest BCUT2D eigenvalue weighted by atomic mass is 9.97. The third-order valence-corrected chi connectivity index (χ3v) is 3.41. The van der Waals surface area contributed by atoms with E-state index in [-0.39, 0.29) is 0 Å². The zero-order valence-electron chi connectivity index (χ0n) is 9.61. The zero-order chi connectivity index (χ0) is 10.8. The molecule has 4 heteroatoms. The molecule has 2 heterocycles. The summed E-state index contributed by atoms with van der Waals surface area (Å²) >= 11 is 0. The van der Waals surface area contributed by atoms with Crippen molar-refractivity contribution in [2.24, 2.45) is 5.92 Å². The number of anilines is 1. The SMILES string of the molecule is Cc1c(N)cnn1CC1CCN(C)CC1. The lowest BCUT2D eigenvalue weighted by Crippen LogP contribution is -2.32. The number of rotatable bonds is 2. The van der Waals surface area contributed by atoms with Gasteiger partial charge in [-0.2, -0.15) is 5.10 Å². The van der Waals surface area contributed by atoms with Crippen molar-refractivity contribution in [2.45, 2.75) is 26.3 Å². The molecule has 1 aromatic rings. The first kappa shape index (κ1) is 10.5. The minimum absolute atomic E-state index is 0.763. The number of nitrogens with zero attached hydrogens (tertiary/aromatic N) is 3. The van der Waals surface area contributed by atoms with Crippen molar-refractivity contribution >= 4 is 5.69 Å². The first-order chi connectivity index (χ1) is 7.16. The largest absolute Gasteiger partial charge is 0.396 e. The van der Waals surface area contributed by atoms with E-state index in [9.17, 15) is 0 Å². The topological polar surface area (TPSA) is 47.1 Å². The molecule has 15 heavy (non-hydrogen) atoms. The van der Waals surface area contributed by atoms with Gasteiger partial charge in [0, 0.05) is 6.54 Å². The van der Waals surface area contributed by atoms with Crippen molar-refractivity contribution in [2.75, 3.05) is 25.9 Å². The van der Waals surface area contributed by atoms with Crippen molar-refractivity contribution in [3.8, 4) is 0 Å². The third-order valence-electron chi connectivity index (χ3n) is 3.41. The number of hydrogen-bond donors (Lipinski definition) is 1. The predicted octanol–water partition coefficient (Wildman–Crippen LogP) is 1.12. The Morgan fingerprint density at radius 2 is 2.13 bits per heavy atom.